The highest BCUT2D eigenvalue weighted by Crippen LogP contribution is 2.27. The van der Waals surface area contributed by atoms with Crippen molar-refractivity contribution in [1.29, 1.82) is 0 Å². The van der Waals surface area contributed by atoms with Crippen LogP contribution >= 0.6 is 0 Å². The minimum absolute atomic E-state index is 0.626. The van der Waals surface area contributed by atoms with Crippen molar-refractivity contribution in [2.75, 3.05) is 24.5 Å². The van der Waals surface area contributed by atoms with E-state index in [1.165, 1.54) is 18.4 Å². The average Bonchev–Trinajstić information content (AvgIpc) is 3.02. The van der Waals surface area contributed by atoms with Crippen molar-refractivity contribution < 1.29 is 0 Å². The number of aryl methyl sites for hydroxylation is 1. The summed E-state index contributed by atoms with van der Waals surface area (Å²) in [6.45, 7) is 5.38. The molecule has 4 heterocycles. The largest absolute Gasteiger partial charge is 0.338 e. The summed E-state index contributed by atoms with van der Waals surface area (Å²) in [4.78, 5) is 7.04. The molecule has 0 saturated carbocycles. The van der Waals surface area contributed by atoms with Crippen LogP contribution in [0.5, 0.6) is 0 Å². The molecule has 0 amide bonds. The molecule has 0 unspecified atom stereocenters. The second kappa shape index (κ2) is 4.20. The second-order valence-corrected chi connectivity index (χ2v) is 5.74. The third kappa shape index (κ3) is 1.80. The lowest BCUT2D eigenvalue weighted by atomic mass is 9.94. The molecule has 1 N–H and O–H groups in total. The lowest BCUT2D eigenvalue weighted by Crippen LogP contribution is -2.40. The van der Waals surface area contributed by atoms with E-state index in [0.29, 0.717) is 6.04 Å². The van der Waals surface area contributed by atoms with Crippen LogP contribution in [0.15, 0.2) is 18.3 Å². The summed E-state index contributed by atoms with van der Waals surface area (Å²) in [7, 11) is 0. The first kappa shape index (κ1) is 11.2. The van der Waals surface area contributed by atoms with E-state index < -0.39 is 0 Å². The smallest absolute Gasteiger partial charge is 0.245 e. The van der Waals surface area contributed by atoms with Crippen molar-refractivity contribution in [3.63, 3.8) is 0 Å². The fourth-order valence-corrected chi connectivity index (χ4v) is 3.37. The highest BCUT2D eigenvalue weighted by molar-refractivity contribution is 5.51. The normalized spacial score (nSPS) is 26.9. The molecular weight excluding hydrogens is 238 g/mol. The molecule has 5 nitrogen and oxygen atoms in total. The van der Waals surface area contributed by atoms with Crippen LogP contribution in [0, 0.1) is 12.8 Å². The molecule has 2 aromatic rings. The van der Waals surface area contributed by atoms with Gasteiger partial charge in [-0.15, -0.1) is 5.10 Å². The van der Waals surface area contributed by atoms with Crippen LogP contribution in [-0.4, -0.2) is 40.3 Å². The number of anilines is 1. The molecule has 0 bridgehead atoms. The first-order valence-corrected chi connectivity index (χ1v) is 7.11. The first-order chi connectivity index (χ1) is 9.31. The van der Waals surface area contributed by atoms with Crippen molar-refractivity contribution >= 4 is 11.6 Å². The minimum atomic E-state index is 0.626. The number of nitrogens with one attached hydrogen (secondary N) is 1. The van der Waals surface area contributed by atoms with Crippen molar-refractivity contribution in [1.82, 2.24) is 19.9 Å². The maximum Gasteiger partial charge on any atom is 0.245 e. The summed E-state index contributed by atoms with van der Waals surface area (Å²) in [5.74, 6) is 1.65. The quantitative estimate of drug-likeness (QED) is 0.834. The van der Waals surface area contributed by atoms with Crippen LogP contribution in [0.1, 0.15) is 18.4 Å². The lowest BCUT2D eigenvalue weighted by Gasteiger charge is -2.24. The van der Waals surface area contributed by atoms with Crippen LogP contribution in [0.3, 0.4) is 0 Å². The summed E-state index contributed by atoms with van der Waals surface area (Å²) in [6.07, 6.45) is 4.60. The molecule has 2 aliphatic heterocycles. The number of nitrogens with zero attached hydrogens (tertiary/aromatic N) is 4. The van der Waals surface area contributed by atoms with Crippen LogP contribution in [0.2, 0.25) is 0 Å². The zero-order valence-electron chi connectivity index (χ0n) is 11.2. The number of rotatable bonds is 1. The van der Waals surface area contributed by atoms with Crippen LogP contribution < -0.4 is 10.2 Å². The van der Waals surface area contributed by atoms with Gasteiger partial charge in [-0.05, 0) is 43.9 Å². The monoisotopic (exact) mass is 257 g/mol. The van der Waals surface area contributed by atoms with Crippen LogP contribution in [-0.2, 0) is 0 Å². The predicted octanol–water partition coefficient (Wildman–Crippen LogP) is 1.23. The zero-order chi connectivity index (χ0) is 12.8. The van der Waals surface area contributed by atoms with E-state index in [9.17, 15) is 0 Å². The number of piperidine rings is 1. The number of pyridine rings is 1. The SMILES string of the molecule is Cc1cccn2nc(N3C[C@@H]4CCCN[C@@H]4C3)nc12. The Morgan fingerprint density at radius 2 is 2.32 bits per heavy atom. The van der Waals surface area contributed by atoms with Gasteiger partial charge in [0.2, 0.25) is 5.95 Å². The Morgan fingerprint density at radius 1 is 1.37 bits per heavy atom. The van der Waals surface area contributed by atoms with Gasteiger partial charge in [0.1, 0.15) is 0 Å². The molecular formula is C14H19N5. The average molecular weight is 257 g/mol. The van der Waals surface area contributed by atoms with Gasteiger partial charge in [-0.1, -0.05) is 6.07 Å². The molecule has 19 heavy (non-hydrogen) atoms. The molecule has 0 aliphatic carbocycles. The molecule has 2 saturated heterocycles. The Hall–Kier alpha value is -1.62. The highest BCUT2D eigenvalue weighted by atomic mass is 15.4. The van der Waals surface area contributed by atoms with Crippen molar-refractivity contribution in [2.24, 2.45) is 5.92 Å². The predicted molar refractivity (Wildman–Crippen MR) is 74.5 cm³/mol. The van der Waals surface area contributed by atoms with Gasteiger partial charge in [0.05, 0.1) is 0 Å². The summed E-state index contributed by atoms with van der Waals surface area (Å²) < 4.78 is 1.89. The number of aromatic nitrogens is 3. The first-order valence-electron chi connectivity index (χ1n) is 7.11. The number of fused-ring (bicyclic) bond motifs is 2. The molecule has 2 aromatic heterocycles. The summed E-state index contributed by atoms with van der Waals surface area (Å²) in [6, 6.07) is 4.73. The maximum absolute atomic E-state index is 4.70. The fraction of sp³-hybridized carbons (Fsp3) is 0.571. The van der Waals surface area contributed by atoms with E-state index >= 15 is 0 Å². The summed E-state index contributed by atoms with van der Waals surface area (Å²) >= 11 is 0. The standard InChI is InChI=1S/C14H19N5/c1-10-4-3-7-19-13(10)16-14(17-19)18-8-11-5-2-6-15-12(11)9-18/h3-4,7,11-12,15H,2,5-6,8-9H2,1H3/t11-,12+/m0/s1. The molecule has 0 spiro atoms. The second-order valence-electron chi connectivity index (χ2n) is 5.74. The van der Waals surface area contributed by atoms with E-state index in [4.69, 9.17) is 4.98 Å². The maximum atomic E-state index is 4.70. The lowest BCUT2D eigenvalue weighted by molar-refractivity contribution is 0.340. The van der Waals surface area contributed by atoms with E-state index in [1.807, 2.05) is 16.8 Å². The van der Waals surface area contributed by atoms with Gasteiger partial charge < -0.3 is 10.2 Å². The van der Waals surface area contributed by atoms with E-state index in [0.717, 1.165) is 37.1 Å². The van der Waals surface area contributed by atoms with Crippen molar-refractivity contribution in [3.05, 3.63) is 23.9 Å². The van der Waals surface area contributed by atoms with Gasteiger partial charge in [-0.25, -0.2) is 4.52 Å². The highest BCUT2D eigenvalue weighted by Gasteiger charge is 2.35. The Labute approximate surface area is 112 Å². The molecule has 2 atom stereocenters. The molecule has 4 rings (SSSR count). The molecule has 0 radical (unpaired) electrons. The Balaban J connectivity index is 1.66. The number of hydrogen-bond acceptors (Lipinski definition) is 4. The van der Waals surface area contributed by atoms with Gasteiger partial charge in [0, 0.05) is 25.3 Å². The van der Waals surface area contributed by atoms with Gasteiger partial charge in [0.25, 0.3) is 0 Å². The topological polar surface area (TPSA) is 45.5 Å². The molecule has 2 fully saturated rings. The Kier molecular flexibility index (Phi) is 2.48. The van der Waals surface area contributed by atoms with Gasteiger partial charge in [0.15, 0.2) is 5.65 Å². The summed E-state index contributed by atoms with van der Waals surface area (Å²) in [5.41, 5.74) is 2.15. The molecule has 0 aromatic carbocycles. The Morgan fingerprint density at radius 3 is 3.16 bits per heavy atom. The molecule has 2 aliphatic rings. The van der Waals surface area contributed by atoms with Crippen LogP contribution in [0.25, 0.3) is 5.65 Å². The number of hydrogen-bond donors (Lipinski definition) is 1. The Bertz CT molecular complexity index is 591. The van der Waals surface area contributed by atoms with E-state index in [1.54, 1.807) is 0 Å². The van der Waals surface area contributed by atoms with E-state index in [2.05, 4.69) is 28.3 Å². The molecule has 100 valence electrons. The van der Waals surface area contributed by atoms with E-state index in [-0.39, 0.29) is 0 Å². The molecule has 5 heteroatoms. The van der Waals surface area contributed by atoms with Gasteiger partial charge in [-0.3, -0.25) is 0 Å². The van der Waals surface area contributed by atoms with Gasteiger partial charge >= 0.3 is 0 Å². The van der Waals surface area contributed by atoms with Crippen molar-refractivity contribution in [2.45, 2.75) is 25.8 Å². The fourth-order valence-electron chi connectivity index (χ4n) is 3.37. The third-order valence-corrected chi connectivity index (χ3v) is 4.43. The zero-order valence-corrected chi connectivity index (χ0v) is 11.2. The van der Waals surface area contributed by atoms with Gasteiger partial charge in [-0.2, -0.15) is 4.98 Å². The van der Waals surface area contributed by atoms with Crippen LogP contribution in [0.4, 0.5) is 5.95 Å². The summed E-state index contributed by atoms with van der Waals surface area (Å²) in [5, 5.41) is 8.24. The van der Waals surface area contributed by atoms with Crippen molar-refractivity contribution in [3.8, 4) is 0 Å². The third-order valence-electron chi connectivity index (χ3n) is 4.43. The minimum Gasteiger partial charge on any atom is -0.338 e.